The molecule has 1 unspecified atom stereocenters. The molecule has 0 bridgehead atoms. The normalized spacial score (nSPS) is 23.3. The van der Waals surface area contributed by atoms with E-state index >= 15 is 0 Å². The Bertz CT molecular complexity index is 597. The molecule has 0 aliphatic carbocycles. The van der Waals surface area contributed by atoms with E-state index in [1.165, 1.54) is 0 Å². The van der Waals surface area contributed by atoms with Crippen molar-refractivity contribution in [3.05, 3.63) is 42.1 Å². The summed E-state index contributed by atoms with van der Waals surface area (Å²) in [6.45, 7) is 0. The summed E-state index contributed by atoms with van der Waals surface area (Å²) in [5.74, 6) is -0.195. The summed E-state index contributed by atoms with van der Waals surface area (Å²) < 4.78 is 0. The van der Waals surface area contributed by atoms with Crippen molar-refractivity contribution < 1.29 is 9.90 Å². The summed E-state index contributed by atoms with van der Waals surface area (Å²) in [4.78, 5) is 15.3. The van der Waals surface area contributed by atoms with Crippen molar-refractivity contribution in [1.82, 2.24) is 10.3 Å². The first-order valence-corrected chi connectivity index (χ1v) is 6.74. The standard InChI is InChI=1S/C13H12N2O2S/c16-13(17)11-7-18-12(15-11)9-5-6-14-10-4-2-1-3-8(9)10/h1-6,11-12,15H,7H2,(H,16,17)/t11-,12?/m1/s1. The summed E-state index contributed by atoms with van der Waals surface area (Å²) in [5, 5.41) is 13.2. The molecule has 2 N–H and O–H groups in total. The Balaban J connectivity index is 1.98. The van der Waals surface area contributed by atoms with Crippen molar-refractivity contribution in [2.75, 3.05) is 5.75 Å². The van der Waals surface area contributed by atoms with E-state index in [0.29, 0.717) is 5.75 Å². The molecule has 18 heavy (non-hydrogen) atoms. The molecule has 2 heterocycles. The highest BCUT2D eigenvalue weighted by atomic mass is 32.2. The second-order valence-electron chi connectivity index (χ2n) is 4.19. The van der Waals surface area contributed by atoms with E-state index in [9.17, 15) is 4.79 Å². The van der Waals surface area contributed by atoms with Crippen LogP contribution in [0.5, 0.6) is 0 Å². The van der Waals surface area contributed by atoms with Crippen LogP contribution in [0.15, 0.2) is 36.5 Å². The summed E-state index contributed by atoms with van der Waals surface area (Å²) in [7, 11) is 0. The number of para-hydroxylation sites is 1. The number of fused-ring (bicyclic) bond motifs is 1. The molecule has 0 amide bonds. The van der Waals surface area contributed by atoms with Gasteiger partial charge in [-0.15, -0.1) is 11.8 Å². The fourth-order valence-electron chi connectivity index (χ4n) is 2.14. The van der Waals surface area contributed by atoms with E-state index in [2.05, 4.69) is 10.3 Å². The van der Waals surface area contributed by atoms with Gasteiger partial charge in [0.05, 0.1) is 10.9 Å². The number of hydrogen-bond acceptors (Lipinski definition) is 4. The van der Waals surface area contributed by atoms with Gasteiger partial charge in [0.25, 0.3) is 0 Å². The Morgan fingerprint density at radius 3 is 3.00 bits per heavy atom. The number of pyridine rings is 1. The number of thioether (sulfide) groups is 1. The zero-order valence-corrected chi connectivity index (χ0v) is 10.4. The van der Waals surface area contributed by atoms with E-state index in [1.807, 2.05) is 30.3 Å². The van der Waals surface area contributed by atoms with Crippen molar-refractivity contribution in [2.24, 2.45) is 0 Å². The molecule has 3 rings (SSSR count). The Labute approximate surface area is 108 Å². The maximum absolute atomic E-state index is 11.0. The van der Waals surface area contributed by atoms with Gasteiger partial charge in [-0.05, 0) is 17.7 Å². The van der Waals surface area contributed by atoms with Crippen LogP contribution in [-0.4, -0.2) is 27.9 Å². The number of nitrogens with one attached hydrogen (secondary N) is 1. The van der Waals surface area contributed by atoms with E-state index < -0.39 is 12.0 Å². The second-order valence-corrected chi connectivity index (χ2v) is 5.33. The molecule has 0 saturated carbocycles. The van der Waals surface area contributed by atoms with Gasteiger partial charge in [-0.25, -0.2) is 0 Å². The van der Waals surface area contributed by atoms with Crippen molar-refractivity contribution >= 4 is 28.6 Å². The molecule has 0 radical (unpaired) electrons. The molecule has 5 heteroatoms. The number of aromatic nitrogens is 1. The van der Waals surface area contributed by atoms with Crippen molar-refractivity contribution in [3.63, 3.8) is 0 Å². The number of benzene rings is 1. The molecular weight excluding hydrogens is 248 g/mol. The number of rotatable bonds is 2. The van der Waals surface area contributed by atoms with Crippen LogP contribution in [0.2, 0.25) is 0 Å². The maximum atomic E-state index is 11.0. The van der Waals surface area contributed by atoms with E-state index in [0.717, 1.165) is 16.5 Å². The summed E-state index contributed by atoms with van der Waals surface area (Å²) in [6, 6.07) is 9.40. The lowest BCUT2D eigenvalue weighted by Crippen LogP contribution is -2.33. The first kappa shape index (κ1) is 11.5. The second kappa shape index (κ2) is 4.59. The SMILES string of the molecule is O=C(O)[C@H]1CSC(c2ccnc3ccccc23)N1. The molecule has 1 aromatic carbocycles. The first-order chi connectivity index (χ1) is 8.75. The fraction of sp³-hybridized carbons (Fsp3) is 0.231. The van der Waals surface area contributed by atoms with Crippen LogP contribution < -0.4 is 5.32 Å². The van der Waals surface area contributed by atoms with Gasteiger partial charge in [0.1, 0.15) is 6.04 Å². The van der Waals surface area contributed by atoms with Crippen molar-refractivity contribution in [1.29, 1.82) is 0 Å². The van der Waals surface area contributed by atoms with E-state index in [1.54, 1.807) is 18.0 Å². The van der Waals surface area contributed by atoms with Gasteiger partial charge in [-0.2, -0.15) is 0 Å². The number of carboxylic acids is 1. The molecule has 1 saturated heterocycles. The third-order valence-electron chi connectivity index (χ3n) is 3.05. The summed E-state index contributed by atoms with van der Waals surface area (Å²) in [5.41, 5.74) is 2.05. The van der Waals surface area contributed by atoms with Crippen molar-refractivity contribution in [3.8, 4) is 0 Å². The van der Waals surface area contributed by atoms with Gasteiger partial charge < -0.3 is 5.11 Å². The number of hydrogen-bond donors (Lipinski definition) is 2. The van der Waals surface area contributed by atoms with Crippen LogP contribution in [0.1, 0.15) is 10.9 Å². The molecule has 2 atom stereocenters. The highest BCUT2D eigenvalue weighted by molar-refractivity contribution is 7.99. The van der Waals surface area contributed by atoms with E-state index in [4.69, 9.17) is 5.11 Å². The van der Waals surface area contributed by atoms with Crippen LogP contribution in [-0.2, 0) is 4.79 Å². The minimum atomic E-state index is -0.789. The van der Waals surface area contributed by atoms with Crippen LogP contribution in [0, 0.1) is 0 Å². The topological polar surface area (TPSA) is 62.2 Å². The third kappa shape index (κ3) is 1.95. The largest absolute Gasteiger partial charge is 0.480 e. The molecule has 92 valence electrons. The van der Waals surface area contributed by atoms with Gasteiger partial charge in [0, 0.05) is 17.3 Å². The fourth-order valence-corrected chi connectivity index (χ4v) is 3.41. The van der Waals surface area contributed by atoms with Crippen LogP contribution >= 0.6 is 11.8 Å². The van der Waals surface area contributed by atoms with Crippen LogP contribution in [0.25, 0.3) is 10.9 Å². The minimum Gasteiger partial charge on any atom is -0.480 e. The molecule has 0 spiro atoms. The van der Waals surface area contributed by atoms with E-state index in [-0.39, 0.29) is 5.37 Å². The average Bonchev–Trinajstić information content (AvgIpc) is 2.87. The highest BCUT2D eigenvalue weighted by Gasteiger charge is 2.30. The monoisotopic (exact) mass is 260 g/mol. The molecule has 2 aromatic rings. The van der Waals surface area contributed by atoms with Gasteiger partial charge in [0.15, 0.2) is 0 Å². The Morgan fingerprint density at radius 1 is 1.39 bits per heavy atom. The quantitative estimate of drug-likeness (QED) is 0.865. The number of nitrogens with zero attached hydrogens (tertiary/aromatic N) is 1. The third-order valence-corrected chi connectivity index (χ3v) is 4.29. The number of aliphatic carboxylic acids is 1. The van der Waals surface area contributed by atoms with Gasteiger partial charge in [0.2, 0.25) is 0 Å². The Morgan fingerprint density at radius 2 is 2.22 bits per heavy atom. The Kier molecular flexibility index (Phi) is 2.93. The molecule has 1 aromatic heterocycles. The highest BCUT2D eigenvalue weighted by Crippen LogP contribution is 2.35. The lowest BCUT2D eigenvalue weighted by atomic mass is 10.1. The van der Waals surface area contributed by atoms with Gasteiger partial charge >= 0.3 is 5.97 Å². The molecule has 1 fully saturated rings. The summed E-state index contributed by atoms with van der Waals surface area (Å²) in [6.07, 6.45) is 1.77. The average molecular weight is 260 g/mol. The molecular formula is C13H12N2O2S. The number of carbonyl (C=O) groups is 1. The predicted molar refractivity (Wildman–Crippen MR) is 71.5 cm³/mol. The van der Waals surface area contributed by atoms with Crippen LogP contribution in [0.3, 0.4) is 0 Å². The lowest BCUT2D eigenvalue weighted by Gasteiger charge is -2.13. The van der Waals surface area contributed by atoms with Crippen molar-refractivity contribution in [2.45, 2.75) is 11.4 Å². The van der Waals surface area contributed by atoms with Crippen LogP contribution in [0.4, 0.5) is 0 Å². The number of carboxylic acid groups (broad SMARTS) is 1. The zero-order chi connectivity index (χ0) is 12.5. The zero-order valence-electron chi connectivity index (χ0n) is 9.54. The molecule has 4 nitrogen and oxygen atoms in total. The maximum Gasteiger partial charge on any atom is 0.321 e. The lowest BCUT2D eigenvalue weighted by molar-refractivity contribution is -0.138. The Hall–Kier alpha value is -1.59. The smallest absolute Gasteiger partial charge is 0.321 e. The summed E-state index contributed by atoms with van der Waals surface area (Å²) >= 11 is 1.63. The van der Waals surface area contributed by atoms with Gasteiger partial charge in [-0.3, -0.25) is 15.1 Å². The predicted octanol–water partition coefficient (Wildman–Crippen LogP) is 2.02. The van der Waals surface area contributed by atoms with Gasteiger partial charge in [-0.1, -0.05) is 18.2 Å². The minimum absolute atomic E-state index is 0.0269. The first-order valence-electron chi connectivity index (χ1n) is 5.70. The molecule has 1 aliphatic rings. The molecule has 1 aliphatic heterocycles.